The molecule has 0 radical (unpaired) electrons. The maximum absolute atomic E-state index is 13.4. The van der Waals surface area contributed by atoms with Crippen LogP contribution in [-0.4, -0.2) is 38.6 Å². The summed E-state index contributed by atoms with van der Waals surface area (Å²) in [5, 5.41) is 0.334. The van der Waals surface area contributed by atoms with E-state index in [1.807, 2.05) is 27.7 Å². The van der Waals surface area contributed by atoms with Crippen LogP contribution in [0, 0.1) is 0 Å². The first-order chi connectivity index (χ1) is 11.2. The molecule has 3 rings (SSSR count). The minimum absolute atomic E-state index is 0.334. The van der Waals surface area contributed by atoms with E-state index in [2.05, 4.69) is 0 Å². The van der Waals surface area contributed by atoms with E-state index in [-0.39, 0.29) is 0 Å². The lowest BCUT2D eigenvalue weighted by atomic mass is 9.78. The summed E-state index contributed by atoms with van der Waals surface area (Å²) in [6.45, 7) is 7.65. The van der Waals surface area contributed by atoms with Gasteiger partial charge in [0.05, 0.1) is 25.3 Å². The van der Waals surface area contributed by atoms with Crippen molar-refractivity contribution in [2.24, 2.45) is 0 Å². The summed E-state index contributed by atoms with van der Waals surface area (Å²) in [6, 6.07) is 3.21. The molecule has 1 saturated heterocycles. The highest BCUT2D eigenvalue weighted by atomic mass is 35.5. The second kappa shape index (κ2) is 5.25. The number of halogens is 4. The molecule has 0 amide bonds. The Bertz CT molecular complexity index is 756. The van der Waals surface area contributed by atoms with E-state index in [9.17, 15) is 13.2 Å². The Morgan fingerprint density at radius 1 is 1.04 bits per heavy atom. The molecule has 0 saturated carbocycles. The van der Waals surface area contributed by atoms with Crippen LogP contribution in [0.15, 0.2) is 17.8 Å². The van der Waals surface area contributed by atoms with Crippen molar-refractivity contribution in [2.75, 3.05) is 14.1 Å². The maximum atomic E-state index is 13.4. The van der Waals surface area contributed by atoms with Gasteiger partial charge >= 0.3 is 13.3 Å². The fourth-order valence-corrected chi connectivity index (χ4v) is 3.43. The molecule has 0 bridgehead atoms. The standard InChI is InChI=1S/C17H21BClF3NO2/c1-15(2)16(3,4)25-18(24-15)11-7-10-8-14(17(20,21)22)23(5,6)13(10)9-12(11)19/h7-9H,1-6H3/q+1. The zero-order valence-corrected chi connectivity index (χ0v) is 15.8. The summed E-state index contributed by atoms with van der Waals surface area (Å²) in [7, 11) is 2.27. The predicted octanol–water partition coefficient (Wildman–Crippen LogP) is 4.12. The summed E-state index contributed by atoms with van der Waals surface area (Å²) in [6.07, 6.45) is -3.25. The van der Waals surface area contributed by atoms with Crippen LogP contribution in [0.5, 0.6) is 0 Å². The van der Waals surface area contributed by atoms with Gasteiger partial charge in [0.25, 0.3) is 0 Å². The topological polar surface area (TPSA) is 18.5 Å². The van der Waals surface area contributed by atoms with Crippen molar-refractivity contribution in [3.8, 4) is 0 Å². The molecular formula is C17H21BClF3NO2+. The molecule has 8 heteroatoms. The fraction of sp³-hybridized carbons (Fsp3) is 0.529. The Kier molecular flexibility index (Phi) is 3.94. The predicted molar refractivity (Wildman–Crippen MR) is 94.8 cm³/mol. The summed E-state index contributed by atoms with van der Waals surface area (Å²) in [5.74, 6) is 0. The summed E-state index contributed by atoms with van der Waals surface area (Å²) in [4.78, 5) is 0. The zero-order valence-electron chi connectivity index (χ0n) is 15.1. The van der Waals surface area contributed by atoms with Crippen LogP contribution in [0.25, 0.3) is 6.08 Å². The van der Waals surface area contributed by atoms with Gasteiger partial charge in [0.15, 0.2) is 0 Å². The van der Waals surface area contributed by atoms with E-state index in [0.29, 0.717) is 21.7 Å². The number of nitrogens with zero attached hydrogens (tertiary/aromatic N) is 1. The van der Waals surface area contributed by atoms with Crippen LogP contribution in [0.4, 0.5) is 18.9 Å². The molecule has 136 valence electrons. The van der Waals surface area contributed by atoms with Gasteiger partial charge in [-0.05, 0) is 33.8 Å². The first-order valence-electron chi connectivity index (χ1n) is 8.00. The molecule has 0 spiro atoms. The highest BCUT2D eigenvalue weighted by molar-refractivity contribution is 6.65. The third kappa shape index (κ3) is 2.81. The van der Waals surface area contributed by atoms with Crippen LogP contribution in [0.3, 0.4) is 0 Å². The lowest BCUT2D eigenvalue weighted by Gasteiger charge is -2.32. The highest BCUT2D eigenvalue weighted by Gasteiger charge is 2.54. The zero-order chi connectivity index (χ0) is 19.0. The Balaban J connectivity index is 2.07. The molecule has 1 aromatic carbocycles. The van der Waals surface area contributed by atoms with Crippen LogP contribution in [0.2, 0.25) is 5.02 Å². The van der Waals surface area contributed by atoms with Gasteiger partial charge in [-0.2, -0.15) is 13.2 Å². The lowest BCUT2D eigenvalue weighted by Crippen LogP contribution is -2.43. The van der Waals surface area contributed by atoms with Crippen molar-refractivity contribution in [3.63, 3.8) is 0 Å². The summed E-state index contributed by atoms with van der Waals surface area (Å²) in [5.41, 5.74) is -0.225. The molecule has 3 nitrogen and oxygen atoms in total. The number of benzene rings is 1. The number of rotatable bonds is 1. The lowest BCUT2D eigenvalue weighted by molar-refractivity contribution is -0.104. The number of alkyl halides is 3. The molecule has 0 aliphatic carbocycles. The molecule has 25 heavy (non-hydrogen) atoms. The van der Waals surface area contributed by atoms with Crippen LogP contribution in [0.1, 0.15) is 33.3 Å². The Morgan fingerprint density at radius 2 is 1.56 bits per heavy atom. The summed E-state index contributed by atoms with van der Waals surface area (Å²) >= 11 is 6.39. The van der Waals surface area contributed by atoms with Crippen LogP contribution in [-0.2, 0) is 9.31 Å². The van der Waals surface area contributed by atoms with Crippen molar-refractivity contribution in [2.45, 2.75) is 45.1 Å². The number of quaternary nitrogens is 1. The van der Waals surface area contributed by atoms with E-state index in [0.717, 1.165) is 0 Å². The molecule has 0 aromatic heterocycles. The first kappa shape index (κ1) is 18.8. The number of fused-ring (bicyclic) bond motifs is 1. The van der Waals surface area contributed by atoms with Gasteiger partial charge in [0.2, 0.25) is 5.70 Å². The van der Waals surface area contributed by atoms with E-state index < -0.39 is 34.7 Å². The molecule has 1 aromatic rings. The van der Waals surface area contributed by atoms with Gasteiger partial charge in [-0.3, -0.25) is 4.48 Å². The van der Waals surface area contributed by atoms with Crippen LogP contribution < -0.4 is 9.95 Å². The minimum atomic E-state index is -4.42. The Labute approximate surface area is 151 Å². The van der Waals surface area contributed by atoms with Gasteiger partial charge in [0, 0.05) is 28.2 Å². The second-order valence-corrected chi connectivity index (χ2v) is 8.41. The number of allylic oxidation sites excluding steroid dienone is 1. The van der Waals surface area contributed by atoms with Crippen molar-refractivity contribution >= 4 is 35.9 Å². The molecule has 1 fully saturated rings. The largest absolute Gasteiger partial charge is 0.496 e. The summed E-state index contributed by atoms with van der Waals surface area (Å²) < 4.78 is 51.6. The first-order valence-corrected chi connectivity index (χ1v) is 8.38. The maximum Gasteiger partial charge on any atom is 0.496 e. The van der Waals surface area contributed by atoms with E-state index in [1.165, 1.54) is 20.2 Å². The van der Waals surface area contributed by atoms with Crippen molar-refractivity contribution in [1.82, 2.24) is 4.48 Å². The van der Waals surface area contributed by atoms with Crippen molar-refractivity contribution < 1.29 is 22.5 Å². The molecule has 0 atom stereocenters. The van der Waals surface area contributed by atoms with E-state index in [4.69, 9.17) is 20.9 Å². The smallest absolute Gasteiger partial charge is 0.399 e. The van der Waals surface area contributed by atoms with Gasteiger partial charge in [0.1, 0.15) is 5.69 Å². The van der Waals surface area contributed by atoms with Gasteiger partial charge in [-0.25, -0.2) is 0 Å². The molecule has 2 heterocycles. The van der Waals surface area contributed by atoms with Gasteiger partial charge < -0.3 is 9.31 Å². The van der Waals surface area contributed by atoms with Crippen molar-refractivity contribution in [1.29, 1.82) is 0 Å². The van der Waals surface area contributed by atoms with Gasteiger partial charge in [-0.15, -0.1) is 0 Å². The Morgan fingerprint density at radius 3 is 2.04 bits per heavy atom. The third-order valence-electron chi connectivity index (χ3n) is 5.44. The van der Waals surface area contributed by atoms with E-state index in [1.54, 1.807) is 12.1 Å². The van der Waals surface area contributed by atoms with Crippen molar-refractivity contribution in [3.05, 3.63) is 28.4 Å². The SMILES string of the molecule is CC1(C)OB(c2cc3c(cc2Cl)[N+](C)(C)C(C(F)(F)F)=C3)OC1(C)C. The monoisotopic (exact) mass is 374 g/mol. The average molecular weight is 375 g/mol. The second-order valence-electron chi connectivity index (χ2n) is 8.00. The normalized spacial score (nSPS) is 23.6. The van der Waals surface area contributed by atoms with E-state index >= 15 is 0 Å². The fourth-order valence-electron chi connectivity index (χ4n) is 3.18. The molecule has 0 N–H and O–H groups in total. The average Bonchev–Trinajstić information content (AvgIpc) is 2.79. The number of hydrogen-bond donors (Lipinski definition) is 0. The third-order valence-corrected chi connectivity index (χ3v) is 5.77. The molecular weight excluding hydrogens is 353 g/mol. The highest BCUT2D eigenvalue weighted by Crippen LogP contribution is 2.45. The molecule has 2 aliphatic heterocycles. The molecule has 0 unspecified atom stereocenters. The molecule has 2 aliphatic rings. The quantitative estimate of drug-likeness (QED) is 0.544. The number of hydrogen-bond acceptors (Lipinski definition) is 2. The van der Waals surface area contributed by atoms with Gasteiger partial charge in [-0.1, -0.05) is 11.6 Å². The minimum Gasteiger partial charge on any atom is -0.399 e. The Hall–Kier alpha value is -1.02. The van der Waals surface area contributed by atoms with Crippen LogP contribution >= 0.6 is 11.6 Å².